The number of furan rings is 1. The van der Waals surface area contributed by atoms with E-state index in [1.165, 1.54) is 0 Å². The minimum absolute atomic E-state index is 0.654. The summed E-state index contributed by atoms with van der Waals surface area (Å²) < 4.78 is 7.88. The number of nitrogens with one attached hydrogen (secondary N) is 1. The van der Waals surface area contributed by atoms with Crippen LogP contribution in [0.4, 0.5) is 5.95 Å². The first-order valence-corrected chi connectivity index (χ1v) is 8.72. The SMILES string of the molecule is CCn1c(N/N=C\c2ccc(-c3ccc(Cl)cc3)o2)nc2ccccc21. The Balaban J connectivity index is 1.52. The molecular formula is C20H17ClN4O. The third-order valence-corrected chi connectivity index (χ3v) is 4.33. The van der Waals surface area contributed by atoms with Crippen LogP contribution in [-0.2, 0) is 6.54 Å². The number of halogens is 1. The van der Waals surface area contributed by atoms with Crippen LogP contribution in [-0.4, -0.2) is 15.8 Å². The molecular weight excluding hydrogens is 348 g/mol. The molecule has 0 spiro atoms. The molecule has 0 amide bonds. The number of hydrogen-bond acceptors (Lipinski definition) is 4. The Morgan fingerprint density at radius 3 is 2.73 bits per heavy atom. The summed E-state index contributed by atoms with van der Waals surface area (Å²) in [5.74, 6) is 2.12. The molecule has 1 N–H and O–H groups in total. The highest BCUT2D eigenvalue weighted by atomic mass is 35.5. The van der Waals surface area contributed by atoms with Crippen molar-refractivity contribution in [2.45, 2.75) is 13.5 Å². The molecule has 0 saturated heterocycles. The average Bonchev–Trinajstić information content (AvgIpc) is 3.26. The van der Waals surface area contributed by atoms with E-state index in [9.17, 15) is 0 Å². The predicted octanol–water partition coefficient (Wildman–Crippen LogP) is 5.42. The van der Waals surface area contributed by atoms with Crippen LogP contribution < -0.4 is 5.43 Å². The average molecular weight is 365 g/mol. The Hall–Kier alpha value is -3.05. The van der Waals surface area contributed by atoms with Crippen molar-refractivity contribution in [2.75, 3.05) is 5.43 Å². The molecule has 5 nitrogen and oxygen atoms in total. The van der Waals surface area contributed by atoms with E-state index >= 15 is 0 Å². The third-order valence-electron chi connectivity index (χ3n) is 4.08. The second kappa shape index (κ2) is 7.06. The predicted molar refractivity (Wildman–Crippen MR) is 106 cm³/mol. The quantitative estimate of drug-likeness (QED) is 0.380. The maximum Gasteiger partial charge on any atom is 0.224 e. The van der Waals surface area contributed by atoms with E-state index in [-0.39, 0.29) is 0 Å². The fourth-order valence-corrected chi connectivity index (χ4v) is 2.95. The van der Waals surface area contributed by atoms with E-state index in [1.807, 2.05) is 60.7 Å². The molecule has 2 aromatic heterocycles. The second-order valence-electron chi connectivity index (χ2n) is 5.75. The maximum atomic E-state index is 5.92. The van der Waals surface area contributed by atoms with E-state index in [1.54, 1.807) is 6.21 Å². The minimum Gasteiger partial charge on any atom is -0.455 e. The maximum absolute atomic E-state index is 5.92. The summed E-state index contributed by atoms with van der Waals surface area (Å²) in [6, 6.07) is 19.3. The van der Waals surface area contributed by atoms with Gasteiger partial charge in [0.2, 0.25) is 5.95 Å². The summed E-state index contributed by atoms with van der Waals surface area (Å²) in [5, 5.41) is 4.96. The summed E-state index contributed by atoms with van der Waals surface area (Å²) >= 11 is 5.92. The molecule has 0 aliphatic carbocycles. The summed E-state index contributed by atoms with van der Waals surface area (Å²) in [6.45, 7) is 2.88. The van der Waals surface area contributed by atoms with Crippen molar-refractivity contribution in [1.29, 1.82) is 0 Å². The molecule has 26 heavy (non-hydrogen) atoms. The Bertz CT molecular complexity index is 1060. The highest BCUT2D eigenvalue weighted by Gasteiger charge is 2.08. The van der Waals surface area contributed by atoms with Crippen molar-refractivity contribution in [3.63, 3.8) is 0 Å². The molecule has 2 heterocycles. The molecule has 0 bridgehead atoms. The van der Waals surface area contributed by atoms with Gasteiger partial charge in [0, 0.05) is 17.1 Å². The van der Waals surface area contributed by atoms with Crippen molar-refractivity contribution in [3.05, 3.63) is 71.4 Å². The molecule has 0 fully saturated rings. The molecule has 130 valence electrons. The molecule has 0 unspecified atom stereocenters. The molecule has 4 aromatic rings. The lowest BCUT2D eigenvalue weighted by Crippen LogP contribution is -2.01. The number of anilines is 1. The summed E-state index contributed by atoms with van der Waals surface area (Å²) in [6.07, 6.45) is 1.64. The third kappa shape index (κ3) is 3.21. The Morgan fingerprint density at radius 2 is 1.92 bits per heavy atom. The van der Waals surface area contributed by atoms with Crippen molar-refractivity contribution in [3.8, 4) is 11.3 Å². The lowest BCUT2D eigenvalue weighted by atomic mass is 10.2. The highest BCUT2D eigenvalue weighted by Crippen LogP contribution is 2.23. The fourth-order valence-electron chi connectivity index (χ4n) is 2.83. The smallest absolute Gasteiger partial charge is 0.224 e. The molecule has 0 saturated carbocycles. The number of imidazole rings is 1. The lowest BCUT2D eigenvalue weighted by molar-refractivity contribution is 0.575. The zero-order valence-electron chi connectivity index (χ0n) is 14.2. The van der Waals surface area contributed by atoms with E-state index < -0.39 is 0 Å². The lowest BCUT2D eigenvalue weighted by Gasteiger charge is -2.03. The number of fused-ring (bicyclic) bond motifs is 1. The van der Waals surface area contributed by atoms with Gasteiger partial charge in [-0.05, 0) is 55.5 Å². The standard InChI is InChI=1S/C20H17ClN4O/c1-2-25-18-6-4-3-5-17(18)23-20(25)24-22-13-16-11-12-19(26-16)14-7-9-15(21)10-8-14/h3-13H,2H2,1H3,(H,23,24)/b22-13-. The van der Waals surface area contributed by atoms with E-state index in [2.05, 4.69) is 27.0 Å². The molecule has 6 heteroatoms. The van der Waals surface area contributed by atoms with Crippen LogP contribution in [0.3, 0.4) is 0 Å². The van der Waals surface area contributed by atoms with Gasteiger partial charge in [-0.2, -0.15) is 5.10 Å². The molecule has 4 rings (SSSR count). The summed E-state index contributed by atoms with van der Waals surface area (Å²) in [5.41, 5.74) is 5.99. The number of hydrazone groups is 1. The van der Waals surface area contributed by atoms with Crippen LogP contribution in [0.25, 0.3) is 22.4 Å². The van der Waals surface area contributed by atoms with Gasteiger partial charge in [0.05, 0.1) is 17.2 Å². The van der Waals surface area contributed by atoms with Gasteiger partial charge < -0.3 is 8.98 Å². The van der Waals surface area contributed by atoms with Gasteiger partial charge in [0.25, 0.3) is 0 Å². The van der Waals surface area contributed by atoms with Crippen molar-refractivity contribution in [2.24, 2.45) is 5.10 Å². The zero-order chi connectivity index (χ0) is 17.9. The Labute approximate surface area is 155 Å². The molecule has 0 atom stereocenters. The number of rotatable bonds is 5. The first-order chi connectivity index (χ1) is 12.7. The molecule has 0 aliphatic heterocycles. The molecule has 0 radical (unpaired) electrons. The fraction of sp³-hybridized carbons (Fsp3) is 0.100. The van der Waals surface area contributed by atoms with Crippen molar-refractivity contribution >= 4 is 34.8 Å². The zero-order valence-corrected chi connectivity index (χ0v) is 14.9. The largest absolute Gasteiger partial charge is 0.455 e. The highest BCUT2D eigenvalue weighted by molar-refractivity contribution is 6.30. The normalized spacial score (nSPS) is 11.5. The number of nitrogens with zero attached hydrogens (tertiary/aromatic N) is 3. The van der Waals surface area contributed by atoms with Gasteiger partial charge in [-0.1, -0.05) is 23.7 Å². The van der Waals surface area contributed by atoms with Crippen molar-refractivity contribution in [1.82, 2.24) is 9.55 Å². The number of hydrogen-bond donors (Lipinski definition) is 1. The van der Waals surface area contributed by atoms with Gasteiger partial charge in [0.1, 0.15) is 11.5 Å². The molecule has 2 aromatic carbocycles. The van der Waals surface area contributed by atoms with Crippen LogP contribution >= 0.6 is 11.6 Å². The van der Waals surface area contributed by atoms with E-state index in [0.29, 0.717) is 16.7 Å². The van der Waals surface area contributed by atoms with E-state index in [0.717, 1.165) is 28.9 Å². The Kier molecular flexibility index (Phi) is 4.46. The van der Waals surface area contributed by atoms with E-state index in [4.69, 9.17) is 16.0 Å². The Morgan fingerprint density at radius 1 is 1.12 bits per heavy atom. The topological polar surface area (TPSA) is 55.4 Å². The monoisotopic (exact) mass is 364 g/mol. The summed E-state index contributed by atoms with van der Waals surface area (Å²) in [4.78, 5) is 4.57. The van der Waals surface area contributed by atoms with Crippen LogP contribution in [0.1, 0.15) is 12.7 Å². The van der Waals surface area contributed by atoms with Gasteiger partial charge in [-0.25, -0.2) is 10.4 Å². The first kappa shape index (κ1) is 16.4. The van der Waals surface area contributed by atoms with Gasteiger partial charge in [-0.15, -0.1) is 0 Å². The van der Waals surface area contributed by atoms with Gasteiger partial charge >= 0.3 is 0 Å². The number of aryl methyl sites for hydroxylation is 1. The first-order valence-electron chi connectivity index (χ1n) is 8.34. The van der Waals surface area contributed by atoms with Crippen molar-refractivity contribution < 1.29 is 4.42 Å². The second-order valence-corrected chi connectivity index (χ2v) is 6.18. The number of para-hydroxylation sites is 2. The van der Waals surface area contributed by atoms with Crippen LogP contribution in [0.5, 0.6) is 0 Å². The van der Waals surface area contributed by atoms with Gasteiger partial charge in [0.15, 0.2) is 0 Å². The summed E-state index contributed by atoms with van der Waals surface area (Å²) in [7, 11) is 0. The number of benzene rings is 2. The number of aromatic nitrogens is 2. The minimum atomic E-state index is 0.654. The van der Waals surface area contributed by atoms with Gasteiger partial charge in [-0.3, -0.25) is 0 Å². The molecule has 0 aliphatic rings. The van der Waals surface area contributed by atoms with Crippen LogP contribution in [0, 0.1) is 0 Å². The van der Waals surface area contributed by atoms with Crippen LogP contribution in [0.15, 0.2) is 70.2 Å². The van der Waals surface area contributed by atoms with Crippen LogP contribution in [0.2, 0.25) is 5.02 Å².